The fourth-order valence-corrected chi connectivity index (χ4v) is 3.17. The van der Waals surface area contributed by atoms with E-state index < -0.39 is 16.7 Å². The van der Waals surface area contributed by atoms with Crippen LogP contribution >= 0.6 is 0 Å². The number of anilines is 1. The summed E-state index contributed by atoms with van der Waals surface area (Å²) in [6, 6.07) is 4.52. The molecule has 10 nitrogen and oxygen atoms in total. The van der Waals surface area contributed by atoms with Gasteiger partial charge in [-0.1, -0.05) is 0 Å². The van der Waals surface area contributed by atoms with E-state index in [1.807, 2.05) is 4.90 Å². The molecule has 1 saturated heterocycles. The van der Waals surface area contributed by atoms with Gasteiger partial charge in [-0.15, -0.1) is 0 Å². The summed E-state index contributed by atoms with van der Waals surface area (Å²) in [7, 11) is 0. The first-order valence-electron chi connectivity index (χ1n) is 9.42. The largest absolute Gasteiger partial charge is 0.366 e. The van der Waals surface area contributed by atoms with Gasteiger partial charge in [0.1, 0.15) is 11.4 Å². The number of nitro groups is 1. The minimum Gasteiger partial charge on any atom is -0.366 e. The van der Waals surface area contributed by atoms with Gasteiger partial charge in [-0.25, -0.2) is 4.98 Å². The molecule has 29 heavy (non-hydrogen) atoms. The van der Waals surface area contributed by atoms with Crippen LogP contribution in [0.5, 0.6) is 0 Å². The molecule has 2 aromatic rings. The van der Waals surface area contributed by atoms with Crippen molar-refractivity contribution >= 4 is 23.2 Å². The number of piperidine rings is 1. The van der Waals surface area contributed by atoms with Crippen LogP contribution in [0.1, 0.15) is 40.1 Å². The van der Waals surface area contributed by atoms with Gasteiger partial charge in [0, 0.05) is 50.2 Å². The minimum atomic E-state index is -0.457. The fourth-order valence-electron chi connectivity index (χ4n) is 3.17. The quantitative estimate of drug-likeness (QED) is 0.411. The van der Waals surface area contributed by atoms with Crippen molar-refractivity contribution in [2.24, 2.45) is 0 Å². The molecule has 0 atom stereocenters. The molecular weight excluding hydrogens is 376 g/mol. The number of hydrogen-bond acceptors (Lipinski definition) is 7. The molecule has 2 amide bonds. The van der Waals surface area contributed by atoms with Crippen LogP contribution in [0, 0.1) is 10.1 Å². The summed E-state index contributed by atoms with van der Waals surface area (Å²) in [6.45, 7) is 1.91. The second-order valence-electron chi connectivity index (χ2n) is 6.61. The van der Waals surface area contributed by atoms with Gasteiger partial charge < -0.3 is 15.5 Å². The van der Waals surface area contributed by atoms with Crippen LogP contribution < -0.4 is 15.5 Å². The summed E-state index contributed by atoms with van der Waals surface area (Å²) in [6.07, 6.45) is 7.35. The zero-order valence-electron chi connectivity index (χ0n) is 15.8. The summed E-state index contributed by atoms with van der Waals surface area (Å²) < 4.78 is 0. The number of hydrogen-bond donors (Lipinski definition) is 2. The van der Waals surface area contributed by atoms with E-state index in [2.05, 4.69) is 20.6 Å². The molecule has 152 valence electrons. The third-order valence-corrected chi connectivity index (χ3v) is 4.62. The number of rotatable bonds is 7. The van der Waals surface area contributed by atoms with Crippen molar-refractivity contribution in [3.63, 3.8) is 0 Å². The summed E-state index contributed by atoms with van der Waals surface area (Å²) in [5.74, 6) is -0.832. The topological polar surface area (TPSA) is 130 Å². The Morgan fingerprint density at radius 3 is 2.45 bits per heavy atom. The highest BCUT2D eigenvalue weighted by atomic mass is 16.6. The van der Waals surface area contributed by atoms with Gasteiger partial charge in [0.25, 0.3) is 17.5 Å². The molecule has 0 saturated carbocycles. The monoisotopic (exact) mass is 398 g/mol. The van der Waals surface area contributed by atoms with Crippen LogP contribution in [0.4, 0.5) is 11.4 Å². The number of nitro benzene ring substituents is 1. The Kier molecular flexibility index (Phi) is 6.67. The first kappa shape index (κ1) is 20.2. The molecule has 0 bridgehead atoms. The van der Waals surface area contributed by atoms with Crippen molar-refractivity contribution in [2.75, 3.05) is 31.1 Å². The van der Waals surface area contributed by atoms with Crippen LogP contribution in [-0.2, 0) is 0 Å². The van der Waals surface area contributed by atoms with Crippen LogP contribution in [0.25, 0.3) is 0 Å². The highest BCUT2D eigenvalue weighted by Gasteiger charge is 2.23. The lowest BCUT2D eigenvalue weighted by molar-refractivity contribution is -0.384. The molecule has 0 spiro atoms. The second kappa shape index (κ2) is 9.58. The number of nitrogens with one attached hydrogen (secondary N) is 2. The maximum Gasteiger partial charge on any atom is 0.293 e. The van der Waals surface area contributed by atoms with Gasteiger partial charge in [0.2, 0.25) is 0 Å². The molecular formula is C19H22N6O4. The Morgan fingerprint density at radius 1 is 1.07 bits per heavy atom. The lowest BCUT2D eigenvalue weighted by Crippen LogP contribution is -2.35. The number of carbonyl (C=O) groups excluding carboxylic acids is 2. The van der Waals surface area contributed by atoms with Crippen molar-refractivity contribution in [3.05, 3.63) is 58.2 Å². The van der Waals surface area contributed by atoms with Gasteiger partial charge in [-0.3, -0.25) is 24.7 Å². The van der Waals surface area contributed by atoms with E-state index in [-0.39, 0.29) is 30.0 Å². The van der Waals surface area contributed by atoms with Crippen molar-refractivity contribution < 1.29 is 14.5 Å². The molecule has 2 heterocycles. The van der Waals surface area contributed by atoms with Crippen LogP contribution in [0.15, 0.2) is 36.8 Å². The summed E-state index contributed by atoms with van der Waals surface area (Å²) in [4.78, 5) is 44.9. The Hall–Kier alpha value is -3.56. The third-order valence-electron chi connectivity index (χ3n) is 4.62. The lowest BCUT2D eigenvalue weighted by Gasteiger charge is -2.28. The Bertz CT molecular complexity index is 884. The minimum absolute atomic E-state index is 0.0736. The predicted molar refractivity (Wildman–Crippen MR) is 106 cm³/mol. The van der Waals surface area contributed by atoms with Gasteiger partial charge in [-0.05, 0) is 31.4 Å². The fraction of sp³-hybridized carbons (Fsp3) is 0.368. The zero-order chi connectivity index (χ0) is 20.6. The molecule has 1 aromatic heterocycles. The number of aromatic nitrogens is 2. The van der Waals surface area contributed by atoms with Gasteiger partial charge in [-0.2, -0.15) is 0 Å². The maximum absolute atomic E-state index is 12.3. The maximum atomic E-state index is 12.3. The molecule has 0 radical (unpaired) electrons. The van der Waals surface area contributed by atoms with E-state index in [9.17, 15) is 19.7 Å². The molecule has 2 N–H and O–H groups in total. The summed E-state index contributed by atoms with van der Waals surface area (Å²) in [5, 5.41) is 16.8. The molecule has 1 aliphatic rings. The number of amides is 2. The molecule has 1 aromatic carbocycles. The molecule has 0 aliphatic carbocycles. The van der Waals surface area contributed by atoms with E-state index in [1.54, 1.807) is 12.1 Å². The summed E-state index contributed by atoms with van der Waals surface area (Å²) >= 11 is 0. The predicted octanol–water partition coefficient (Wildman–Crippen LogP) is 1.53. The average Bonchev–Trinajstić information content (AvgIpc) is 2.77. The number of carbonyl (C=O) groups is 2. The SMILES string of the molecule is O=C(NCCNC(=O)c1cnccn1)c1ccc(N2CCCCC2)c([N+](=O)[O-])c1. The Labute approximate surface area is 167 Å². The average molecular weight is 398 g/mol. The standard InChI is InChI=1S/C19H22N6O4/c26-18(22-8-9-23-19(27)15-13-20-6-7-21-15)14-4-5-16(17(12-14)25(28)29)24-10-2-1-3-11-24/h4-7,12-13H,1-3,8-11H2,(H,22,26)(H,23,27). The smallest absolute Gasteiger partial charge is 0.293 e. The molecule has 3 rings (SSSR count). The van der Waals surface area contributed by atoms with Crippen LogP contribution in [-0.4, -0.2) is 52.9 Å². The van der Waals surface area contributed by atoms with Gasteiger partial charge >= 0.3 is 0 Å². The van der Waals surface area contributed by atoms with Crippen LogP contribution in [0.3, 0.4) is 0 Å². The lowest BCUT2D eigenvalue weighted by atomic mass is 10.1. The molecule has 10 heteroatoms. The highest BCUT2D eigenvalue weighted by Crippen LogP contribution is 2.31. The van der Waals surface area contributed by atoms with Crippen molar-refractivity contribution in [1.29, 1.82) is 0 Å². The highest BCUT2D eigenvalue weighted by molar-refractivity contribution is 5.96. The number of benzene rings is 1. The van der Waals surface area contributed by atoms with E-state index >= 15 is 0 Å². The molecule has 0 unspecified atom stereocenters. The Morgan fingerprint density at radius 2 is 1.79 bits per heavy atom. The van der Waals surface area contributed by atoms with E-state index in [1.165, 1.54) is 24.7 Å². The van der Waals surface area contributed by atoms with Gasteiger partial charge in [0.15, 0.2) is 0 Å². The van der Waals surface area contributed by atoms with Crippen LogP contribution in [0.2, 0.25) is 0 Å². The molecule has 1 fully saturated rings. The normalized spacial score (nSPS) is 13.6. The Balaban J connectivity index is 1.57. The van der Waals surface area contributed by atoms with Crippen molar-refractivity contribution in [2.45, 2.75) is 19.3 Å². The zero-order valence-corrected chi connectivity index (χ0v) is 15.8. The van der Waals surface area contributed by atoms with E-state index in [0.29, 0.717) is 5.69 Å². The number of nitrogens with zero attached hydrogens (tertiary/aromatic N) is 4. The van der Waals surface area contributed by atoms with Crippen molar-refractivity contribution in [1.82, 2.24) is 20.6 Å². The van der Waals surface area contributed by atoms with E-state index in [0.717, 1.165) is 32.4 Å². The molecule has 1 aliphatic heterocycles. The van der Waals surface area contributed by atoms with E-state index in [4.69, 9.17) is 0 Å². The third kappa shape index (κ3) is 5.24. The van der Waals surface area contributed by atoms with Gasteiger partial charge in [0.05, 0.1) is 11.1 Å². The van der Waals surface area contributed by atoms with Crippen molar-refractivity contribution in [3.8, 4) is 0 Å². The first-order chi connectivity index (χ1) is 14.1. The second-order valence-corrected chi connectivity index (χ2v) is 6.61. The summed E-state index contributed by atoms with van der Waals surface area (Å²) in [5.41, 5.74) is 0.860. The first-order valence-corrected chi connectivity index (χ1v) is 9.42.